The molecule has 0 N–H and O–H groups in total. The van der Waals surface area contributed by atoms with Crippen LogP contribution in [0.2, 0.25) is 5.02 Å². The van der Waals surface area contributed by atoms with E-state index in [4.69, 9.17) is 16.3 Å². The molecule has 0 saturated carbocycles. The molecule has 7 nitrogen and oxygen atoms in total. The maximum atomic E-state index is 12.7. The lowest BCUT2D eigenvalue weighted by molar-refractivity contribution is 0.414. The average molecular weight is 368 g/mol. The number of rotatable bonds is 4. The molecule has 0 radical (unpaired) electrons. The fraction of sp³-hybridized carbons (Fsp3) is 0.111. The summed E-state index contributed by atoms with van der Waals surface area (Å²) in [4.78, 5) is 17.1. The van der Waals surface area contributed by atoms with Gasteiger partial charge in [0.15, 0.2) is 11.2 Å². The Kier molecular flexibility index (Phi) is 4.14. The minimum atomic E-state index is -0.246. The molecule has 0 bridgehead atoms. The van der Waals surface area contributed by atoms with Gasteiger partial charge in [-0.1, -0.05) is 28.9 Å². The summed E-state index contributed by atoms with van der Waals surface area (Å²) in [5.41, 5.74) is 2.07. The lowest BCUT2D eigenvalue weighted by Crippen LogP contribution is -2.21. The summed E-state index contributed by atoms with van der Waals surface area (Å²) in [6.07, 6.45) is 1.50. The standard InChI is InChI=1S/C18H14ClN5O2/c1-26-15-8-6-14(7-9-15)24-17-16(21-22-24)18(25)23(11-20-17)10-12-2-4-13(19)5-3-12/h2-9,11H,10H2,1H3. The van der Waals surface area contributed by atoms with Crippen LogP contribution in [0.15, 0.2) is 59.7 Å². The summed E-state index contributed by atoms with van der Waals surface area (Å²) < 4.78 is 8.18. The Hall–Kier alpha value is -3.19. The molecule has 0 saturated heterocycles. The van der Waals surface area contributed by atoms with Gasteiger partial charge in [-0.25, -0.2) is 4.98 Å². The van der Waals surface area contributed by atoms with Crippen molar-refractivity contribution in [1.29, 1.82) is 0 Å². The van der Waals surface area contributed by atoms with Crippen LogP contribution in [0, 0.1) is 0 Å². The van der Waals surface area contributed by atoms with E-state index in [0.717, 1.165) is 17.0 Å². The Bertz CT molecular complexity index is 1120. The smallest absolute Gasteiger partial charge is 0.283 e. The average Bonchev–Trinajstić information content (AvgIpc) is 3.11. The lowest BCUT2D eigenvalue weighted by Gasteiger charge is -2.06. The van der Waals surface area contributed by atoms with E-state index >= 15 is 0 Å². The van der Waals surface area contributed by atoms with Crippen LogP contribution in [0.5, 0.6) is 5.75 Å². The first-order valence-electron chi connectivity index (χ1n) is 7.85. The van der Waals surface area contributed by atoms with E-state index in [0.29, 0.717) is 17.2 Å². The molecule has 2 aromatic heterocycles. The van der Waals surface area contributed by atoms with Crippen molar-refractivity contribution >= 4 is 22.8 Å². The highest BCUT2D eigenvalue weighted by Gasteiger charge is 2.13. The zero-order valence-electron chi connectivity index (χ0n) is 13.8. The van der Waals surface area contributed by atoms with E-state index in [-0.39, 0.29) is 11.1 Å². The largest absolute Gasteiger partial charge is 0.497 e. The van der Waals surface area contributed by atoms with Gasteiger partial charge in [0.05, 0.1) is 19.3 Å². The molecular weight excluding hydrogens is 354 g/mol. The molecule has 2 aromatic carbocycles. The maximum Gasteiger partial charge on any atom is 0.283 e. The van der Waals surface area contributed by atoms with Gasteiger partial charge in [-0.2, -0.15) is 4.68 Å². The maximum absolute atomic E-state index is 12.7. The van der Waals surface area contributed by atoms with Crippen molar-refractivity contribution in [3.05, 3.63) is 75.8 Å². The number of fused-ring (bicyclic) bond motifs is 1. The Morgan fingerprint density at radius 1 is 1.08 bits per heavy atom. The minimum Gasteiger partial charge on any atom is -0.497 e. The van der Waals surface area contributed by atoms with Crippen LogP contribution in [0.3, 0.4) is 0 Å². The number of hydrogen-bond donors (Lipinski definition) is 0. The molecule has 0 spiro atoms. The Morgan fingerprint density at radius 2 is 1.81 bits per heavy atom. The van der Waals surface area contributed by atoms with Crippen LogP contribution in [-0.4, -0.2) is 31.7 Å². The highest BCUT2D eigenvalue weighted by atomic mass is 35.5. The first-order chi connectivity index (χ1) is 12.7. The van der Waals surface area contributed by atoms with Crippen molar-refractivity contribution in [2.75, 3.05) is 7.11 Å². The predicted molar refractivity (Wildman–Crippen MR) is 98.0 cm³/mol. The van der Waals surface area contributed by atoms with Crippen molar-refractivity contribution in [1.82, 2.24) is 24.5 Å². The van der Waals surface area contributed by atoms with E-state index < -0.39 is 0 Å². The third kappa shape index (κ3) is 2.93. The number of ether oxygens (including phenoxy) is 1. The monoisotopic (exact) mass is 367 g/mol. The van der Waals surface area contributed by atoms with Gasteiger partial charge >= 0.3 is 0 Å². The Labute approximate surface area is 153 Å². The first kappa shape index (κ1) is 16.3. The Morgan fingerprint density at radius 3 is 2.50 bits per heavy atom. The molecule has 0 aliphatic rings. The summed E-state index contributed by atoms with van der Waals surface area (Å²) in [6, 6.07) is 14.6. The zero-order valence-corrected chi connectivity index (χ0v) is 14.6. The quantitative estimate of drug-likeness (QED) is 0.554. The summed E-state index contributed by atoms with van der Waals surface area (Å²) in [7, 11) is 1.60. The molecule has 0 fully saturated rings. The highest BCUT2D eigenvalue weighted by Crippen LogP contribution is 2.16. The third-order valence-corrected chi connectivity index (χ3v) is 4.26. The molecule has 130 valence electrons. The van der Waals surface area contributed by atoms with Gasteiger partial charge < -0.3 is 4.74 Å². The van der Waals surface area contributed by atoms with E-state index in [1.165, 1.54) is 15.6 Å². The van der Waals surface area contributed by atoms with Gasteiger partial charge in [-0.3, -0.25) is 9.36 Å². The molecule has 0 aliphatic carbocycles. The van der Waals surface area contributed by atoms with Crippen molar-refractivity contribution in [3.63, 3.8) is 0 Å². The molecule has 0 unspecified atom stereocenters. The van der Waals surface area contributed by atoms with Gasteiger partial charge in [0.2, 0.25) is 0 Å². The van der Waals surface area contributed by atoms with Gasteiger partial charge in [0, 0.05) is 5.02 Å². The molecule has 0 aliphatic heterocycles. The van der Waals surface area contributed by atoms with Crippen LogP contribution in [0.4, 0.5) is 0 Å². The van der Waals surface area contributed by atoms with Crippen LogP contribution in [0.25, 0.3) is 16.9 Å². The molecule has 26 heavy (non-hydrogen) atoms. The second-order valence-electron chi connectivity index (χ2n) is 5.68. The van der Waals surface area contributed by atoms with Gasteiger partial charge in [0.25, 0.3) is 5.56 Å². The van der Waals surface area contributed by atoms with Crippen LogP contribution >= 0.6 is 11.6 Å². The predicted octanol–water partition coefficient (Wildman–Crippen LogP) is 2.69. The van der Waals surface area contributed by atoms with Crippen molar-refractivity contribution in [2.24, 2.45) is 0 Å². The third-order valence-electron chi connectivity index (χ3n) is 4.01. The van der Waals surface area contributed by atoms with Crippen LogP contribution < -0.4 is 10.3 Å². The fourth-order valence-electron chi connectivity index (χ4n) is 2.64. The van der Waals surface area contributed by atoms with Crippen LogP contribution in [-0.2, 0) is 6.54 Å². The van der Waals surface area contributed by atoms with E-state index in [1.54, 1.807) is 19.2 Å². The zero-order chi connectivity index (χ0) is 18.1. The molecule has 2 heterocycles. The molecular formula is C18H14ClN5O2. The van der Waals surface area contributed by atoms with Crippen molar-refractivity contribution < 1.29 is 4.74 Å². The second-order valence-corrected chi connectivity index (χ2v) is 6.11. The van der Waals surface area contributed by atoms with Gasteiger partial charge in [-0.15, -0.1) is 5.10 Å². The summed E-state index contributed by atoms with van der Waals surface area (Å²) in [5, 5.41) is 8.74. The molecule has 4 aromatic rings. The van der Waals surface area contributed by atoms with E-state index in [9.17, 15) is 4.79 Å². The highest BCUT2D eigenvalue weighted by molar-refractivity contribution is 6.30. The number of nitrogens with zero attached hydrogens (tertiary/aromatic N) is 5. The van der Waals surface area contributed by atoms with E-state index in [1.807, 2.05) is 36.4 Å². The van der Waals surface area contributed by atoms with Gasteiger partial charge in [-0.05, 0) is 42.0 Å². The summed E-state index contributed by atoms with van der Waals surface area (Å²) >= 11 is 5.89. The number of methoxy groups -OCH3 is 1. The van der Waals surface area contributed by atoms with Crippen molar-refractivity contribution in [2.45, 2.75) is 6.54 Å². The number of aromatic nitrogens is 5. The van der Waals surface area contributed by atoms with Crippen LogP contribution in [0.1, 0.15) is 5.56 Å². The molecule has 4 rings (SSSR count). The molecule has 0 atom stereocenters. The fourth-order valence-corrected chi connectivity index (χ4v) is 2.77. The summed E-state index contributed by atoms with van der Waals surface area (Å²) in [6.45, 7) is 0.383. The topological polar surface area (TPSA) is 74.8 Å². The molecule has 8 heteroatoms. The summed E-state index contributed by atoms with van der Waals surface area (Å²) in [5.74, 6) is 0.733. The first-order valence-corrected chi connectivity index (χ1v) is 8.23. The number of hydrogen-bond acceptors (Lipinski definition) is 5. The Balaban J connectivity index is 1.72. The van der Waals surface area contributed by atoms with E-state index in [2.05, 4.69) is 15.3 Å². The SMILES string of the molecule is COc1ccc(-n2nnc3c(=O)n(Cc4ccc(Cl)cc4)cnc32)cc1. The minimum absolute atomic E-state index is 0.220. The number of benzene rings is 2. The van der Waals surface area contributed by atoms with Gasteiger partial charge in [0.1, 0.15) is 12.1 Å². The number of halogens is 1. The normalized spacial score (nSPS) is 11.0. The molecule has 0 amide bonds. The lowest BCUT2D eigenvalue weighted by atomic mass is 10.2. The van der Waals surface area contributed by atoms with Crippen molar-refractivity contribution in [3.8, 4) is 11.4 Å². The second kappa shape index (κ2) is 6.61.